The lowest BCUT2D eigenvalue weighted by Crippen LogP contribution is -2.43. The Hall–Kier alpha value is -3.03. The van der Waals surface area contributed by atoms with E-state index in [0.29, 0.717) is 23.9 Å². The summed E-state index contributed by atoms with van der Waals surface area (Å²) in [6.07, 6.45) is 1.47. The second-order valence-electron chi connectivity index (χ2n) is 6.34. The van der Waals surface area contributed by atoms with E-state index in [1.165, 1.54) is 6.33 Å². The molecule has 0 saturated heterocycles. The van der Waals surface area contributed by atoms with Crippen LogP contribution in [0.5, 0.6) is 11.5 Å². The van der Waals surface area contributed by atoms with E-state index in [9.17, 15) is 4.79 Å². The van der Waals surface area contributed by atoms with Crippen LogP contribution >= 0.6 is 0 Å². The minimum absolute atomic E-state index is 0.0802. The predicted octanol–water partition coefficient (Wildman–Crippen LogP) is 2.21. The smallest absolute Gasteiger partial charge is 0.247 e. The van der Waals surface area contributed by atoms with Crippen LogP contribution in [0.15, 0.2) is 24.5 Å². The quantitative estimate of drug-likeness (QED) is 0.784. The van der Waals surface area contributed by atoms with Crippen molar-refractivity contribution in [2.75, 3.05) is 22.7 Å². The van der Waals surface area contributed by atoms with Crippen molar-refractivity contribution in [2.24, 2.45) is 5.92 Å². The molecule has 3 heterocycles. The minimum atomic E-state index is -0.302. The van der Waals surface area contributed by atoms with Gasteiger partial charge in [0.1, 0.15) is 18.1 Å². The third-order valence-corrected chi connectivity index (χ3v) is 4.23. The molecule has 0 fully saturated rings. The van der Waals surface area contributed by atoms with Crippen molar-refractivity contribution in [1.29, 1.82) is 0 Å². The largest absolute Gasteiger partial charge is 0.454 e. The SMILES string of the molecule is CC(C)C1Nc2ncnc(NCc3ccc4c(c3)OCO4)c2NC1=O. The Balaban J connectivity index is 1.52. The molecular weight excluding hydrogens is 322 g/mol. The van der Waals surface area contributed by atoms with E-state index in [1.807, 2.05) is 32.0 Å². The van der Waals surface area contributed by atoms with Gasteiger partial charge >= 0.3 is 0 Å². The van der Waals surface area contributed by atoms with Crippen LogP contribution < -0.4 is 25.4 Å². The first-order chi connectivity index (χ1) is 12.1. The summed E-state index contributed by atoms with van der Waals surface area (Å²) < 4.78 is 10.7. The van der Waals surface area contributed by atoms with Gasteiger partial charge in [-0.15, -0.1) is 0 Å². The van der Waals surface area contributed by atoms with Gasteiger partial charge in [0.2, 0.25) is 12.7 Å². The number of nitrogens with one attached hydrogen (secondary N) is 3. The molecule has 130 valence electrons. The van der Waals surface area contributed by atoms with Crippen molar-refractivity contribution in [3.63, 3.8) is 0 Å². The van der Waals surface area contributed by atoms with Crippen molar-refractivity contribution < 1.29 is 14.3 Å². The average Bonchev–Trinajstić information content (AvgIpc) is 3.07. The Morgan fingerprint density at radius 3 is 2.96 bits per heavy atom. The van der Waals surface area contributed by atoms with E-state index >= 15 is 0 Å². The van der Waals surface area contributed by atoms with E-state index in [1.54, 1.807) is 0 Å². The molecular formula is C17H19N5O3. The summed E-state index contributed by atoms with van der Waals surface area (Å²) in [6.45, 7) is 4.76. The number of hydrogen-bond donors (Lipinski definition) is 3. The molecule has 0 saturated carbocycles. The van der Waals surface area contributed by atoms with Crippen LogP contribution in [-0.2, 0) is 11.3 Å². The molecule has 1 amide bonds. The van der Waals surface area contributed by atoms with Gasteiger partial charge in [-0.05, 0) is 23.6 Å². The number of benzene rings is 1. The van der Waals surface area contributed by atoms with E-state index in [4.69, 9.17) is 9.47 Å². The molecule has 2 aliphatic heterocycles. The van der Waals surface area contributed by atoms with E-state index in [-0.39, 0.29) is 24.7 Å². The Bertz CT molecular complexity index is 824. The average molecular weight is 341 g/mol. The molecule has 25 heavy (non-hydrogen) atoms. The van der Waals surface area contributed by atoms with Gasteiger partial charge in [0.25, 0.3) is 0 Å². The lowest BCUT2D eigenvalue weighted by atomic mass is 10.0. The monoisotopic (exact) mass is 341 g/mol. The number of carbonyl (C=O) groups excluding carboxylic acids is 1. The topological polar surface area (TPSA) is 97.4 Å². The zero-order valence-electron chi connectivity index (χ0n) is 14.0. The normalized spacial score (nSPS) is 17.7. The molecule has 0 radical (unpaired) electrons. The molecule has 1 unspecified atom stereocenters. The molecule has 1 aromatic carbocycles. The Labute approximate surface area is 145 Å². The van der Waals surface area contributed by atoms with Crippen LogP contribution in [0.25, 0.3) is 0 Å². The predicted molar refractivity (Wildman–Crippen MR) is 92.8 cm³/mol. The van der Waals surface area contributed by atoms with Crippen LogP contribution in [0.2, 0.25) is 0 Å². The molecule has 2 aromatic rings. The zero-order chi connectivity index (χ0) is 17.4. The molecule has 8 nitrogen and oxygen atoms in total. The second-order valence-corrected chi connectivity index (χ2v) is 6.34. The lowest BCUT2D eigenvalue weighted by molar-refractivity contribution is -0.117. The summed E-state index contributed by atoms with van der Waals surface area (Å²) in [4.78, 5) is 20.8. The van der Waals surface area contributed by atoms with E-state index < -0.39 is 0 Å². The van der Waals surface area contributed by atoms with Crippen molar-refractivity contribution in [2.45, 2.75) is 26.4 Å². The maximum absolute atomic E-state index is 12.3. The molecule has 0 aliphatic carbocycles. The van der Waals surface area contributed by atoms with Crippen LogP contribution in [0, 0.1) is 5.92 Å². The van der Waals surface area contributed by atoms with Gasteiger partial charge in [0.05, 0.1) is 0 Å². The maximum atomic E-state index is 12.3. The number of hydrogen-bond acceptors (Lipinski definition) is 7. The van der Waals surface area contributed by atoms with Gasteiger partial charge < -0.3 is 25.4 Å². The highest BCUT2D eigenvalue weighted by atomic mass is 16.7. The Kier molecular flexibility index (Phi) is 3.79. The summed E-state index contributed by atoms with van der Waals surface area (Å²) in [6, 6.07) is 5.46. The van der Waals surface area contributed by atoms with Crippen molar-refractivity contribution in [1.82, 2.24) is 9.97 Å². The Morgan fingerprint density at radius 1 is 1.28 bits per heavy atom. The standard InChI is InChI=1S/C17H19N5O3/c1-9(2)13-17(23)22-14-15(19-7-20-16(14)21-13)18-6-10-3-4-11-12(5-10)25-8-24-11/h3-5,7,9,13H,6,8H2,1-2H3,(H,22,23)(H2,18,19,20,21). The number of rotatable bonds is 4. The van der Waals surface area contributed by atoms with Crippen LogP contribution in [0.4, 0.5) is 17.3 Å². The van der Waals surface area contributed by atoms with Gasteiger partial charge in [-0.25, -0.2) is 9.97 Å². The number of ether oxygens (including phenoxy) is 2. The molecule has 8 heteroatoms. The maximum Gasteiger partial charge on any atom is 0.247 e. The van der Waals surface area contributed by atoms with Gasteiger partial charge in [-0.2, -0.15) is 0 Å². The molecule has 2 aliphatic rings. The third kappa shape index (κ3) is 2.90. The number of amides is 1. The number of carbonyl (C=O) groups is 1. The minimum Gasteiger partial charge on any atom is -0.454 e. The van der Waals surface area contributed by atoms with Crippen LogP contribution in [-0.4, -0.2) is 28.7 Å². The van der Waals surface area contributed by atoms with Crippen molar-refractivity contribution in [3.05, 3.63) is 30.1 Å². The van der Waals surface area contributed by atoms with Crippen molar-refractivity contribution in [3.8, 4) is 11.5 Å². The van der Waals surface area contributed by atoms with Crippen LogP contribution in [0.3, 0.4) is 0 Å². The molecule has 1 aromatic heterocycles. The fourth-order valence-electron chi connectivity index (χ4n) is 2.87. The fraction of sp³-hybridized carbons (Fsp3) is 0.353. The summed E-state index contributed by atoms with van der Waals surface area (Å²) in [5, 5.41) is 9.33. The van der Waals surface area contributed by atoms with Crippen molar-refractivity contribution >= 4 is 23.2 Å². The van der Waals surface area contributed by atoms with Gasteiger partial charge in [0.15, 0.2) is 23.1 Å². The summed E-state index contributed by atoms with van der Waals surface area (Å²) >= 11 is 0. The van der Waals surface area contributed by atoms with Crippen LogP contribution in [0.1, 0.15) is 19.4 Å². The molecule has 0 spiro atoms. The fourth-order valence-corrected chi connectivity index (χ4v) is 2.87. The summed E-state index contributed by atoms with van der Waals surface area (Å²) in [5.41, 5.74) is 1.59. The van der Waals surface area contributed by atoms with E-state index in [2.05, 4.69) is 25.9 Å². The third-order valence-electron chi connectivity index (χ3n) is 4.23. The number of aromatic nitrogens is 2. The number of fused-ring (bicyclic) bond motifs is 2. The van der Waals surface area contributed by atoms with Gasteiger partial charge in [-0.3, -0.25) is 4.79 Å². The summed E-state index contributed by atoms with van der Waals surface area (Å²) in [7, 11) is 0. The first-order valence-corrected chi connectivity index (χ1v) is 8.16. The first-order valence-electron chi connectivity index (χ1n) is 8.16. The highest BCUT2D eigenvalue weighted by Gasteiger charge is 2.30. The zero-order valence-corrected chi connectivity index (χ0v) is 14.0. The molecule has 3 N–H and O–H groups in total. The van der Waals surface area contributed by atoms with Gasteiger partial charge in [0, 0.05) is 6.54 Å². The van der Waals surface area contributed by atoms with E-state index in [0.717, 1.165) is 17.1 Å². The molecule has 0 bridgehead atoms. The highest BCUT2D eigenvalue weighted by molar-refractivity contribution is 6.04. The Morgan fingerprint density at radius 2 is 2.12 bits per heavy atom. The number of anilines is 3. The highest BCUT2D eigenvalue weighted by Crippen LogP contribution is 2.34. The second kappa shape index (κ2) is 6.12. The first kappa shape index (κ1) is 15.5. The number of nitrogens with zero attached hydrogens (tertiary/aromatic N) is 2. The summed E-state index contributed by atoms with van der Waals surface area (Å²) in [5.74, 6) is 2.77. The molecule has 1 atom stereocenters. The van der Waals surface area contributed by atoms with Gasteiger partial charge in [-0.1, -0.05) is 19.9 Å². The lowest BCUT2D eigenvalue weighted by Gasteiger charge is -2.29. The molecule has 4 rings (SSSR count).